The van der Waals surface area contributed by atoms with Crippen LogP contribution in [0.2, 0.25) is 0 Å². The Morgan fingerprint density at radius 1 is 1.25 bits per heavy atom. The molecule has 146 valence electrons. The van der Waals surface area contributed by atoms with Gasteiger partial charge in [-0.1, -0.05) is 18.2 Å². The van der Waals surface area contributed by atoms with Crippen molar-refractivity contribution in [3.8, 4) is 5.75 Å². The number of carbonyl (C=O) groups excluding carboxylic acids is 1. The van der Waals surface area contributed by atoms with Gasteiger partial charge in [-0.3, -0.25) is 4.79 Å². The highest BCUT2D eigenvalue weighted by molar-refractivity contribution is 5.77. The molecule has 1 fully saturated rings. The molecule has 6 nitrogen and oxygen atoms in total. The maximum absolute atomic E-state index is 12.8. The normalized spacial score (nSPS) is 16.6. The number of aromatic nitrogens is 3. The molecule has 1 aliphatic rings. The summed E-state index contributed by atoms with van der Waals surface area (Å²) in [4.78, 5) is 24.1. The van der Waals surface area contributed by atoms with Crippen LogP contribution in [0.25, 0.3) is 11.2 Å². The smallest absolute Gasteiger partial charge is 0.222 e. The van der Waals surface area contributed by atoms with Gasteiger partial charge in [0.1, 0.15) is 17.1 Å². The van der Waals surface area contributed by atoms with Crippen molar-refractivity contribution >= 4 is 17.1 Å². The lowest BCUT2D eigenvalue weighted by Crippen LogP contribution is -2.29. The average molecular weight is 378 g/mol. The van der Waals surface area contributed by atoms with E-state index in [-0.39, 0.29) is 11.8 Å². The van der Waals surface area contributed by atoms with E-state index < -0.39 is 0 Å². The molecule has 6 heteroatoms. The van der Waals surface area contributed by atoms with Crippen LogP contribution in [-0.2, 0) is 17.8 Å². The second-order valence-electron chi connectivity index (χ2n) is 7.20. The zero-order chi connectivity index (χ0) is 19.5. The molecule has 28 heavy (non-hydrogen) atoms. The zero-order valence-electron chi connectivity index (χ0n) is 16.5. The van der Waals surface area contributed by atoms with Crippen molar-refractivity contribution < 1.29 is 9.53 Å². The molecular weight excluding hydrogens is 352 g/mol. The third kappa shape index (κ3) is 3.46. The molecule has 1 aliphatic heterocycles. The zero-order valence-corrected chi connectivity index (χ0v) is 16.5. The second-order valence-corrected chi connectivity index (χ2v) is 7.20. The van der Waals surface area contributed by atoms with Gasteiger partial charge in [0, 0.05) is 38.2 Å². The first kappa shape index (κ1) is 18.5. The molecule has 0 aliphatic carbocycles. The Balaban J connectivity index is 1.43. The number of rotatable bonds is 6. The van der Waals surface area contributed by atoms with Crippen LogP contribution in [0.3, 0.4) is 0 Å². The van der Waals surface area contributed by atoms with Gasteiger partial charge >= 0.3 is 0 Å². The van der Waals surface area contributed by atoms with Crippen LogP contribution in [0, 0.1) is 0 Å². The number of hydrogen-bond acceptors (Lipinski definition) is 4. The minimum atomic E-state index is 0.200. The Hall–Kier alpha value is -2.89. The summed E-state index contributed by atoms with van der Waals surface area (Å²) in [5, 5.41) is 0. The van der Waals surface area contributed by atoms with Crippen LogP contribution in [0.5, 0.6) is 5.75 Å². The minimum absolute atomic E-state index is 0.200. The van der Waals surface area contributed by atoms with Gasteiger partial charge in [0.15, 0.2) is 5.65 Å². The summed E-state index contributed by atoms with van der Waals surface area (Å²) in [5.41, 5.74) is 2.94. The van der Waals surface area contributed by atoms with Crippen LogP contribution in [-0.4, -0.2) is 45.5 Å². The first-order chi connectivity index (χ1) is 13.7. The number of aryl methyl sites for hydroxylation is 2. The van der Waals surface area contributed by atoms with Gasteiger partial charge < -0.3 is 14.2 Å². The molecule has 1 aromatic carbocycles. The number of ether oxygens (including phenoxy) is 1. The van der Waals surface area contributed by atoms with Gasteiger partial charge in [0.25, 0.3) is 0 Å². The number of hydrogen-bond donors (Lipinski definition) is 0. The SMILES string of the molecule is CCn1c([C@@H]2CCN(C(=O)CCc3ccccc3OC)C2)nc2cccnc21. The van der Waals surface area contributed by atoms with Gasteiger partial charge in [-0.2, -0.15) is 0 Å². The molecule has 0 radical (unpaired) electrons. The van der Waals surface area contributed by atoms with Crippen LogP contribution in [0.1, 0.15) is 37.1 Å². The van der Waals surface area contributed by atoms with Crippen molar-refractivity contribution in [2.45, 2.75) is 38.6 Å². The molecule has 0 spiro atoms. The summed E-state index contributed by atoms with van der Waals surface area (Å²) in [7, 11) is 1.67. The second kappa shape index (κ2) is 8.00. The molecule has 0 saturated carbocycles. The van der Waals surface area contributed by atoms with Crippen molar-refractivity contribution in [3.05, 3.63) is 54.0 Å². The number of amides is 1. The predicted octanol–water partition coefficient (Wildman–Crippen LogP) is 3.41. The van der Waals surface area contributed by atoms with Crippen LogP contribution < -0.4 is 4.74 Å². The number of carbonyl (C=O) groups is 1. The summed E-state index contributed by atoms with van der Waals surface area (Å²) in [6.45, 7) is 4.47. The number of para-hydroxylation sites is 1. The number of pyridine rings is 1. The Morgan fingerprint density at radius 2 is 2.11 bits per heavy atom. The molecule has 0 N–H and O–H groups in total. The van der Waals surface area contributed by atoms with Crippen molar-refractivity contribution in [1.82, 2.24) is 19.4 Å². The maximum atomic E-state index is 12.8. The topological polar surface area (TPSA) is 60.2 Å². The largest absolute Gasteiger partial charge is 0.496 e. The molecule has 2 aromatic heterocycles. The van der Waals surface area contributed by atoms with Crippen molar-refractivity contribution in [2.24, 2.45) is 0 Å². The van der Waals surface area contributed by atoms with E-state index >= 15 is 0 Å². The van der Waals surface area contributed by atoms with Gasteiger partial charge in [-0.25, -0.2) is 9.97 Å². The number of methoxy groups -OCH3 is 1. The molecule has 0 unspecified atom stereocenters. The van der Waals surface area contributed by atoms with E-state index in [9.17, 15) is 4.79 Å². The molecule has 1 saturated heterocycles. The van der Waals surface area contributed by atoms with E-state index in [1.54, 1.807) is 7.11 Å². The Bertz CT molecular complexity index is 982. The highest BCUT2D eigenvalue weighted by atomic mass is 16.5. The third-order valence-electron chi connectivity index (χ3n) is 5.56. The van der Waals surface area contributed by atoms with E-state index in [0.29, 0.717) is 12.8 Å². The first-order valence-electron chi connectivity index (χ1n) is 9.92. The fraction of sp³-hybridized carbons (Fsp3) is 0.409. The van der Waals surface area contributed by atoms with Crippen LogP contribution in [0.15, 0.2) is 42.6 Å². The summed E-state index contributed by atoms with van der Waals surface area (Å²) >= 11 is 0. The van der Waals surface area contributed by atoms with E-state index in [1.165, 1.54) is 0 Å². The summed E-state index contributed by atoms with van der Waals surface area (Å²) in [6.07, 6.45) is 3.95. The summed E-state index contributed by atoms with van der Waals surface area (Å²) in [6, 6.07) is 11.8. The fourth-order valence-electron chi connectivity index (χ4n) is 4.11. The molecule has 4 rings (SSSR count). The highest BCUT2D eigenvalue weighted by Gasteiger charge is 2.30. The molecular formula is C22H26N4O2. The first-order valence-corrected chi connectivity index (χ1v) is 9.92. The summed E-state index contributed by atoms with van der Waals surface area (Å²) < 4.78 is 7.57. The number of nitrogens with zero attached hydrogens (tertiary/aromatic N) is 4. The average Bonchev–Trinajstić information content (AvgIpc) is 3.36. The number of fused-ring (bicyclic) bond motifs is 1. The van der Waals surface area contributed by atoms with Crippen molar-refractivity contribution in [3.63, 3.8) is 0 Å². The number of imidazole rings is 1. The lowest BCUT2D eigenvalue weighted by Gasteiger charge is -2.17. The van der Waals surface area contributed by atoms with Crippen molar-refractivity contribution in [2.75, 3.05) is 20.2 Å². The van der Waals surface area contributed by atoms with E-state index in [1.807, 2.05) is 47.5 Å². The highest BCUT2D eigenvalue weighted by Crippen LogP contribution is 2.29. The third-order valence-corrected chi connectivity index (χ3v) is 5.56. The Morgan fingerprint density at radius 3 is 2.93 bits per heavy atom. The minimum Gasteiger partial charge on any atom is -0.496 e. The fourth-order valence-corrected chi connectivity index (χ4v) is 4.11. The number of likely N-dealkylation sites (tertiary alicyclic amines) is 1. The van der Waals surface area contributed by atoms with Crippen molar-refractivity contribution in [1.29, 1.82) is 0 Å². The maximum Gasteiger partial charge on any atom is 0.222 e. The van der Waals surface area contributed by atoms with Gasteiger partial charge in [-0.15, -0.1) is 0 Å². The molecule has 1 amide bonds. The molecule has 3 heterocycles. The van der Waals surface area contributed by atoms with Gasteiger partial charge in [0.05, 0.1) is 7.11 Å². The molecule has 1 atom stereocenters. The van der Waals surface area contributed by atoms with Crippen LogP contribution in [0.4, 0.5) is 0 Å². The quantitative estimate of drug-likeness (QED) is 0.660. The van der Waals surface area contributed by atoms with E-state index in [0.717, 1.165) is 54.4 Å². The van der Waals surface area contributed by atoms with Gasteiger partial charge in [0.2, 0.25) is 5.91 Å². The lowest BCUT2D eigenvalue weighted by molar-refractivity contribution is -0.130. The Labute approximate surface area is 165 Å². The van der Waals surface area contributed by atoms with E-state index in [2.05, 4.69) is 16.5 Å². The summed E-state index contributed by atoms with van der Waals surface area (Å²) in [5.74, 6) is 2.37. The monoisotopic (exact) mass is 378 g/mol. The Kier molecular flexibility index (Phi) is 5.28. The lowest BCUT2D eigenvalue weighted by atomic mass is 10.1. The predicted molar refractivity (Wildman–Crippen MR) is 108 cm³/mol. The van der Waals surface area contributed by atoms with Crippen LogP contribution >= 0.6 is 0 Å². The van der Waals surface area contributed by atoms with Gasteiger partial charge in [-0.05, 0) is 43.5 Å². The number of benzene rings is 1. The molecule has 0 bridgehead atoms. The standard InChI is InChI=1S/C22H26N4O2/c1-3-26-21(24-18-8-6-13-23-22(18)26)17-12-14-25(15-17)20(27)11-10-16-7-4-5-9-19(16)28-2/h4-9,13,17H,3,10-12,14-15H2,1-2H3/t17-/m1/s1. The van der Waals surface area contributed by atoms with E-state index in [4.69, 9.17) is 9.72 Å². The molecule has 3 aromatic rings.